The van der Waals surface area contributed by atoms with E-state index in [0.717, 1.165) is 35.2 Å². The molecule has 3 N–H and O–H groups in total. The summed E-state index contributed by atoms with van der Waals surface area (Å²) in [7, 11) is 1.89. The predicted molar refractivity (Wildman–Crippen MR) is 74.8 cm³/mol. The van der Waals surface area contributed by atoms with E-state index < -0.39 is 0 Å². The van der Waals surface area contributed by atoms with E-state index in [1.54, 1.807) is 0 Å². The molecule has 0 radical (unpaired) electrons. The number of hydrogen-bond acceptors (Lipinski definition) is 2. The van der Waals surface area contributed by atoms with Crippen molar-refractivity contribution < 1.29 is 4.79 Å². The van der Waals surface area contributed by atoms with Crippen LogP contribution in [0.2, 0.25) is 0 Å². The third-order valence-electron chi connectivity index (χ3n) is 2.87. The van der Waals surface area contributed by atoms with Gasteiger partial charge in [-0.05, 0) is 51.2 Å². The first-order valence-corrected chi connectivity index (χ1v) is 6.23. The van der Waals surface area contributed by atoms with Crippen molar-refractivity contribution >= 4 is 22.5 Å². The second-order valence-electron chi connectivity index (χ2n) is 4.51. The fraction of sp³-hybridized carbons (Fsp3) is 0.357. The highest BCUT2D eigenvalue weighted by molar-refractivity contribution is 5.93. The Kier molecular flexibility index (Phi) is 3.99. The molecule has 0 aliphatic carbocycles. The second kappa shape index (κ2) is 5.69. The third-order valence-corrected chi connectivity index (χ3v) is 2.87. The van der Waals surface area contributed by atoms with Crippen LogP contribution in [0, 0.1) is 6.92 Å². The Balaban J connectivity index is 2.00. The summed E-state index contributed by atoms with van der Waals surface area (Å²) in [6.07, 6.45) is 1.40. The lowest BCUT2D eigenvalue weighted by molar-refractivity contribution is -0.116. The second-order valence-corrected chi connectivity index (χ2v) is 4.51. The largest absolute Gasteiger partial charge is 0.359 e. The highest BCUT2D eigenvalue weighted by Crippen LogP contribution is 2.19. The van der Waals surface area contributed by atoms with Gasteiger partial charge in [0, 0.05) is 28.7 Å². The molecule has 0 aliphatic heterocycles. The normalized spacial score (nSPS) is 10.8. The van der Waals surface area contributed by atoms with Gasteiger partial charge < -0.3 is 15.6 Å². The summed E-state index contributed by atoms with van der Waals surface area (Å²) in [6.45, 7) is 2.89. The van der Waals surface area contributed by atoms with Crippen LogP contribution >= 0.6 is 0 Å². The summed E-state index contributed by atoms with van der Waals surface area (Å²) in [5.41, 5.74) is 3.08. The highest BCUT2D eigenvalue weighted by Gasteiger charge is 2.03. The van der Waals surface area contributed by atoms with Gasteiger partial charge in [-0.25, -0.2) is 0 Å². The Hall–Kier alpha value is -1.81. The number of aryl methyl sites for hydroxylation is 1. The minimum atomic E-state index is 0.0665. The number of nitrogens with one attached hydrogen (secondary N) is 3. The molecule has 1 heterocycles. The SMILES string of the molecule is CNCCCC(=O)Nc1ccc2[nH]c(C)cc2c1. The molecule has 4 heteroatoms. The van der Waals surface area contributed by atoms with Crippen LogP contribution in [0.5, 0.6) is 0 Å². The van der Waals surface area contributed by atoms with Crippen molar-refractivity contribution in [2.24, 2.45) is 0 Å². The van der Waals surface area contributed by atoms with Crippen LogP contribution in [0.4, 0.5) is 5.69 Å². The predicted octanol–water partition coefficient (Wildman–Crippen LogP) is 2.41. The molecule has 0 fully saturated rings. The number of carbonyl (C=O) groups excluding carboxylic acids is 1. The molecule has 2 aromatic rings. The zero-order valence-electron chi connectivity index (χ0n) is 10.8. The van der Waals surface area contributed by atoms with Crippen LogP contribution in [0.3, 0.4) is 0 Å². The van der Waals surface area contributed by atoms with E-state index in [0.29, 0.717) is 6.42 Å². The minimum Gasteiger partial charge on any atom is -0.359 e. The number of hydrogen-bond donors (Lipinski definition) is 3. The number of anilines is 1. The van der Waals surface area contributed by atoms with Crippen LogP contribution in [-0.2, 0) is 4.79 Å². The number of H-pyrrole nitrogens is 1. The monoisotopic (exact) mass is 245 g/mol. The maximum atomic E-state index is 11.7. The van der Waals surface area contributed by atoms with Crippen LogP contribution in [-0.4, -0.2) is 24.5 Å². The zero-order chi connectivity index (χ0) is 13.0. The van der Waals surface area contributed by atoms with Gasteiger partial charge in [0.2, 0.25) is 5.91 Å². The summed E-state index contributed by atoms with van der Waals surface area (Å²) < 4.78 is 0. The summed E-state index contributed by atoms with van der Waals surface area (Å²) in [6, 6.07) is 7.99. The number of fused-ring (bicyclic) bond motifs is 1. The molecule has 0 unspecified atom stereocenters. The van der Waals surface area contributed by atoms with Crippen molar-refractivity contribution in [3.63, 3.8) is 0 Å². The first-order valence-electron chi connectivity index (χ1n) is 6.23. The molecule has 1 aromatic heterocycles. The average molecular weight is 245 g/mol. The number of aromatic amines is 1. The van der Waals surface area contributed by atoms with Crippen LogP contribution in [0.25, 0.3) is 10.9 Å². The van der Waals surface area contributed by atoms with E-state index in [2.05, 4.69) is 21.7 Å². The summed E-state index contributed by atoms with van der Waals surface area (Å²) >= 11 is 0. The molecule has 0 bridgehead atoms. The van der Waals surface area contributed by atoms with Gasteiger partial charge in [-0.15, -0.1) is 0 Å². The van der Waals surface area contributed by atoms with E-state index in [-0.39, 0.29) is 5.91 Å². The maximum absolute atomic E-state index is 11.7. The van der Waals surface area contributed by atoms with Crippen LogP contribution in [0.15, 0.2) is 24.3 Å². The van der Waals surface area contributed by atoms with Gasteiger partial charge in [-0.2, -0.15) is 0 Å². The molecular weight excluding hydrogens is 226 g/mol. The fourth-order valence-corrected chi connectivity index (χ4v) is 2.00. The molecule has 4 nitrogen and oxygen atoms in total. The van der Waals surface area contributed by atoms with Crippen molar-refractivity contribution in [1.82, 2.24) is 10.3 Å². The van der Waals surface area contributed by atoms with Crippen molar-refractivity contribution in [3.8, 4) is 0 Å². The summed E-state index contributed by atoms with van der Waals surface area (Å²) in [5.74, 6) is 0.0665. The van der Waals surface area contributed by atoms with Crippen molar-refractivity contribution in [2.45, 2.75) is 19.8 Å². The molecule has 1 amide bonds. The molecule has 18 heavy (non-hydrogen) atoms. The van der Waals surface area contributed by atoms with Crippen molar-refractivity contribution in [1.29, 1.82) is 0 Å². The van der Waals surface area contributed by atoms with Gasteiger partial charge >= 0.3 is 0 Å². The molecule has 0 spiro atoms. The average Bonchev–Trinajstić information content (AvgIpc) is 2.69. The molecule has 96 valence electrons. The van der Waals surface area contributed by atoms with Crippen molar-refractivity contribution in [2.75, 3.05) is 18.9 Å². The lowest BCUT2D eigenvalue weighted by Crippen LogP contribution is -2.15. The minimum absolute atomic E-state index is 0.0665. The Labute approximate surface area is 107 Å². The van der Waals surface area contributed by atoms with Gasteiger partial charge in [0.25, 0.3) is 0 Å². The fourth-order valence-electron chi connectivity index (χ4n) is 2.00. The molecular formula is C14H19N3O. The third kappa shape index (κ3) is 3.11. The maximum Gasteiger partial charge on any atom is 0.224 e. The number of carbonyl (C=O) groups is 1. The Morgan fingerprint density at radius 1 is 1.33 bits per heavy atom. The van der Waals surface area contributed by atoms with E-state index in [9.17, 15) is 4.79 Å². The number of rotatable bonds is 5. The standard InChI is InChI=1S/C14H19N3O/c1-10-8-11-9-12(5-6-13(11)16-10)17-14(18)4-3-7-15-2/h5-6,8-9,15-16H,3-4,7H2,1-2H3,(H,17,18). The highest BCUT2D eigenvalue weighted by atomic mass is 16.1. The van der Waals surface area contributed by atoms with Gasteiger partial charge in [-0.1, -0.05) is 0 Å². The Morgan fingerprint density at radius 3 is 2.94 bits per heavy atom. The Morgan fingerprint density at radius 2 is 2.17 bits per heavy atom. The summed E-state index contributed by atoms with van der Waals surface area (Å²) in [4.78, 5) is 14.9. The molecule has 1 aromatic carbocycles. The molecule has 0 atom stereocenters. The summed E-state index contributed by atoms with van der Waals surface area (Å²) in [5, 5.41) is 7.08. The number of amides is 1. The Bertz CT molecular complexity index is 545. The van der Waals surface area contributed by atoms with E-state index >= 15 is 0 Å². The smallest absolute Gasteiger partial charge is 0.224 e. The lowest BCUT2D eigenvalue weighted by Gasteiger charge is -2.05. The quantitative estimate of drug-likeness (QED) is 0.708. The van der Waals surface area contributed by atoms with Gasteiger partial charge in [0.05, 0.1) is 0 Å². The van der Waals surface area contributed by atoms with Gasteiger partial charge in [0.15, 0.2) is 0 Å². The van der Waals surface area contributed by atoms with Crippen LogP contribution < -0.4 is 10.6 Å². The number of benzene rings is 1. The number of aromatic nitrogens is 1. The first-order chi connectivity index (χ1) is 8.69. The first kappa shape index (κ1) is 12.6. The van der Waals surface area contributed by atoms with Gasteiger partial charge in [-0.3, -0.25) is 4.79 Å². The van der Waals surface area contributed by atoms with E-state index in [1.807, 2.05) is 32.2 Å². The van der Waals surface area contributed by atoms with Crippen molar-refractivity contribution in [3.05, 3.63) is 30.0 Å². The molecule has 0 saturated heterocycles. The van der Waals surface area contributed by atoms with E-state index in [4.69, 9.17) is 0 Å². The molecule has 2 rings (SSSR count). The van der Waals surface area contributed by atoms with Crippen LogP contribution in [0.1, 0.15) is 18.5 Å². The van der Waals surface area contributed by atoms with Gasteiger partial charge in [0.1, 0.15) is 0 Å². The molecule has 0 aliphatic rings. The zero-order valence-corrected chi connectivity index (χ0v) is 10.8. The van der Waals surface area contributed by atoms with E-state index in [1.165, 1.54) is 0 Å². The molecule has 0 saturated carbocycles. The lowest BCUT2D eigenvalue weighted by atomic mass is 10.2. The topological polar surface area (TPSA) is 56.9 Å².